The Kier molecular flexibility index (Phi) is 3.76. The maximum atomic E-state index is 6.16. The molecule has 2 aromatic carbocycles. The minimum absolute atomic E-state index is 0.485. The second-order valence-corrected chi connectivity index (χ2v) is 5.25. The van der Waals surface area contributed by atoms with E-state index in [1.807, 2.05) is 62.4 Å². The van der Waals surface area contributed by atoms with Gasteiger partial charge in [0.1, 0.15) is 12.4 Å². The highest BCUT2D eigenvalue weighted by Gasteiger charge is 2.19. The van der Waals surface area contributed by atoms with Crippen LogP contribution in [0.25, 0.3) is 0 Å². The van der Waals surface area contributed by atoms with Gasteiger partial charge in [-0.15, -0.1) is 0 Å². The van der Waals surface area contributed by atoms with E-state index in [-0.39, 0.29) is 0 Å². The summed E-state index contributed by atoms with van der Waals surface area (Å²) in [5.41, 5.74) is 14.2. The van der Waals surface area contributed by atoms with E-state index in [0.717, 1.165) is 16.9 Å². The predicted molar refractivity (Wildman–Crippen MR) is 78.8 cm³/mol. The Morgan fingerprint density at radius 2 is 1.74 bits per heavy atom. The topological polar surface area (TPSA) is 61.3 Å². The Bertz CT molecular complexity index is 544. The first-order valence-corrected chi connectivity index (χ1v) is 6.32. The lowest BCUT2D eigenvalue weighted by Gasteiger charge is -2.23. The molecular formula is C16H20N2O. The van der Waals surface area contributed by atoms with Crippen molar-refractivity contribution in [1.82, 2.24) is 0 Å². The van der Waals surface area contributed by atoms with Gasteiger partial charge in [-0.05, 0) is 37.6 Å². The summed E-state index contributed by atoms with van der Waals surface area (Å²) in [6.07, 6.45) is 0. The van der Waals surface area contributed by atoms with Crippen molar-refractivity contribution < 1.29 is 4.74 Å². The van der Waals surface area contributed by atoms with Gasteiger partial charge in [0, 0.05) is 16.8 Å². The predicted octanol–water partition coefficient (Wildman–Crippen LogP) is 3.04. The molecule has 0 amide bonds. The van der Waals surface area contributed by atoms with Gasteiger partial charge in [-0.2, -0.15) is 0 Å². The van der Waals surface area contributed by atoms with Gasteiger partial charge in [-0.1, -0.05) is 30.3 Å². The SMILES string of the molecule is CC(C)(N)c1cc(N)ccc1OCc1ccccc1. The molecular weight excluding hydrogens is 236 g/mol. The third-order valence-corrected chi connectivity index (χ3v) is 2.93. The fraction of sp³-hybridized carbons (Fsp3) is 0.250. The largest absolute Gasteiger partial charge is 0.489 e. The summed E-state index contributed by atoms with van der Waals surface area (Å²) in [5.74, 6) is 0.783. The number of hydrogen-bond donors (Lipinski definition) is 2. The zero-order valence-electron chi connectivity index (χ0n) is 11.4. The maximum Gasteiger partial charge on any atom is 0.124 e. The van der Waals surface area contributed by atoms with Gasteiger partial charge in [0.05, 0.1) is 0 Å². The van der Waals surface area contributed by atoms with Crippen LogP contribution in [-0.4, -0.2) is 0 Å². The molecule has 0 heterocycles. The molecule has 0 spiro atoms. The molecule has 3 heteroatoms. The summed E-state index contributed by atoms with van der Waals surface area (Å²) in [5, 5.41) is 0. The van der Waals surface area contributed by atoms with Crippen molar-refractivity contribution >= 4 is 5.69 Å². The van der Waals surface area contributed by atoms with Crippen LogP contribution in [0.15, 0.2) is 48.5 Å². The molecule has 3 nitrogen and oxygen atoms in total. The number of rotatable bonds is 4. The Morgan fingerprint density at radius 1 is 1.05 bits per heavy atom. The molecule has 4 N–H and O–H groups in total. The maximum absolute atomic E-state index is 6.16. The Labute approximate surface area is 114 Å². The van der Waals surface area contributed by atoms with Crippen molar-refractivity contribution in [2.24, 2.45) is 5.73 Å². The normalized spacial score (nSPS) is 11.3. The summed E-state index contributed by atoms with van der Waals surface area (Å²) in [4.78, 5) is 0. The lowest BCUT2D eigenvalue weighted by atomic mass is 9.94. The minimum atomic E-state index is -0.485. The van der Waals surface area contributed by atoms with Crippen LogP contribution in [0.5, 0.6) is 5.75 Å². The third-order valence-electron chi connectivity index (χ3n) is 2.93. The summed E-state index contributed by atoms with van der Waals surface area (Å²) in [6.45, 7) is 4.40. The highest BCUT2D eigenvalue weighted by molar-refractivity contribution is 5.50. The molecule has 0 atom stereocenters. The molecule has 0 aliphatic carbocycles. The molecule has 2 aromatic rings. The van der Waals surface area contributed by atoms with E-state index >= 15 is 0 Å². The van der Waals surface area contributed by atoms with Crippen molar-refractivity contribution in [2.45, 2.75) is 26.0 Å². The van der Waals surface area contributed by atoms with Crippen molar-refractivity contribution in [2.75, 3.05) is 5.73 Å². The quantitative estimate of drug-likeness (QED) is 0.826. The lowest BCUT2D eigenvalue weighted by Crippen LogP contribution is -2.29. The number of ether oxygens (including phenoxy) is 1. The molecule has 0 unspecified atom stereocenters. The molecule has 2 rings (SSSR count). The van der Waals surface area contributed by atoms with E-state index in [1.54, 1.807) is 0 Å². The van der Waals surface area contributed by atoms with Crippen molar-refractivity contribution in [1.29, 1.82) is 0 Å². The first-order valence-electron chi connectivity index (χ1n) is 6.32. The van der Waals surface area contributed by atoms with Crippen molar-refractivity contribution in [3.63, 3.8) is 0 Å². The minimum Gasteiger partial charge on any atom is -0.489 e. The first-order chi connectivity index (χ1) is 8.97. The molecule has 0 saturated heterocycles. The number of nitrogens with two attached hydrogens (primary N) is 2. The number of hydrogen-bond acceptors (Lipinski definition) is 3. The summed E-state index contributed by atoms with van der Waals surface area (Å²) >= 11 is 0. The van der Waals surface area contributed by atoms with Crippen molar-refractivity contribution in [3.8, 4) is 5.75 Å². The van der Waals surface area contributed by atoms with Gasteiger partial charge in [-0.3, -0.25) is 0 Å². The Hall–Kier alpha value is -2.00. The highest BCUT2D eigenvalue weighted by Crippen LogP contribution is 2.30. The van der Waals surface area contributed by atoms with Crippen LogP contribution in [0.2, 0.25) is 0 Å². The first kappa shape index (κ1) is 13.4. The van der Waals surface area contributed by atoms with Crippen LogP contribution in [-0.2, 0) is 12.1 Å². The molecule has 0 aromatic heterocycles. The van der Waals surface area contributed by atoms with E-state index in [2.05, 4.69) is 0 Å². The molecule has 19 heavy (non-hydrogen) atoms. The number of nitrogen functional groups attached to an aromatic ring is 1. The van der Waals surface area contributed by atoms with Crippen LogP contribution in [0.4, 0.5) is 5.69 Å². The van der Waals surface area contributed by atoms with Gasteiger partial charge in [-0.25, -0.2) is 0 Å². The van der Waals surface area contributed by atoms with E-state index in [4.69, 9.17) is 16.2 Å². The lowest BCUT2D eigenvalue weighted by molar-refractivity contribution is 0.296. The smallest absolute Gasteiger partial charge is 0.124 e. The van der Waals surface area contributed by atoms with Gasteiger partial charge in [0.2, 0.25) is 0 Å². The Balaban J connectivity index is 2.21. The number of benzene rings is 2. The van der Waals surface area contributed by atoms with E-state index in [9.17, 15) is 0 Å². The standard InChI is InChI=1S/C16H20N2O/c1-16(2,18)14-10-13(17)8-9-15(14)19-11-12-6-4-3-5-7-12/h3-10H,11,17-18H2,1-2H3. The molecule has 0 radical (unpaired) electrons. The van der Waals surface area contributed by atoms with E-state index < -0.39 is 5.54 Å². The second-order valence-electron chi connectivity index (χ2n) is 5.25. The van der Waals surface area contributed by atoms with Crippen LogP contribution in [0.3, 0.4) is 0 Å². The Morgan fingerprint density at radius 3 is 2.37 bits per heavy atom. The third kappa shape index (κ3) is 3.48. The zero-order chi connectivity index (χ0) is 13.9. The summed E-state index contributed by atoms with van der Waals surface area (Å²) in [6, 6.07) is 15.6. The molecule has 0 saturated carbocycles. The average molecular weight is 256 g/mol. The zero-order valence-corrected chi connectivity index (χ0v) is 11.4. The van der Waals surface area contributed by atoms with Gasteiger partial charge in [0.25, 0.3) is 0 Å². The average Bonchev–Trinajstić information content (AvgIpc) is 2.37. The number of anilines is 1. The van der Waals surface area contributed by atoms with Crippen LogP contribution in [0, 0.1) is 0 Å². The fourth-order valence-corrected chi connectivity index (χ4v) is 1.91. The summed E-state index contributed by atoms with van der Waals surface area (Å²) in [7, 11) is 0. The highest BCUT2D eigenvalue weighted by atomic mass is 16.5. The molecule has 0 aliphatic rings. The molecule has 0 aliphatic heterocycles. The van der Waals surface area contributed by atoms with Gasteiger partial charge < -0.3 is 16.2 Å². The van der Waals surface area contributed by atoms with E-state index in [0.29, 0.717) is 12.3 Å². The molecule has 100 valence electrons. The van der Waals surface area contributed by atoms with Gasteiger partial charge >= 0.3 is 0 Å². The van der Waals surface area contributed by atoms with Crippen LogP contribution >= 0.6 is 0 Å². The van der Waals surface area contributed by atoms with E-state index in [1.165, 1.54) is 0 Å². The van der Waals surface area contributed by atoms with Crippen LogP contribution < -0.4 is 16.2 Å². The van der Waals surface area contributed by atoms with Gasteiger partial charge in [0.15, 0.2) is 0 Å². The molecule has 0 bridgehead atoms. The molecule has 0 fully saturated rings. The van der Waals surface area contributed by atoms with Crippen molar-refractivity contribution in [3.05, 3.63) is 59.7 Å². The fourth-order valence-electron chi connectivity index (χ4n) is 1.91. The summed E-state index contributed by atoms with van der Waals surface area (Å²) < 4.78 is 5.87. The monoisotopic (exact) mass is 256 g/mol. The second kappa shape index (κ2) is 5.33. The van der Waals surface area contributed by atoms with Crippen LogP contribution in [0.1, 0.15) is 25.0 Å².